The van der Waals surface area contributed by atoms with Gasteiger partial charge < -0.3 is 24.8 Å². The maximum absolute atomic E-state index is 6.12. The maximum atomic E-state index is 6.12. The first-order chi connectivity index (χ1) is 14.0. The van der Waals surface area contributed by atoms with E-state index in [9.17, 15) is 0 Å². The maximum Gasteiger partial charge on any atom is 0.218 e. The number of nitrogens with one attached hydrogen (secondary N) is 2. The molecular weight excluding hydrogens is 368 g/mol. The summed E-state index contributed by atoms with van der Waals surface area (Å²) in [5.74, 6) is 2.23. The van der Waals surface area contributed by atoms with Crippen molar-refractivity contribution in [3.05, 3.63) is 53.7 Å². The molecule has 1 aromatic heterocycles. The average molecular weight is 399 g/mol. The van der Waals surface area contributed by atoms with Crippen molar-refractivity contribution in [1.29, 1.82) is 0 Å². The number of guanidine groups is 1. The van der Waals surface area contributed by atoms with E-state index in [1.165, 1.54) is 0 Å². The van der Waals surface area contributed by atoms with Crippen LogP contribution >= 0.6 is 0 Å². The number of rotatable bonds is 7. The second-order valence-corrected chi connectivity index (χ2v) is 7.54. The van der Waals surface area contributed by atoms with Gasteiger partial charge in [-0.3, -0.25) is 4.99 Å². The van der Waals surface area contributed by atoms with Crippen LogP contribution in [0, 0.1) is 0 Å². The highest BCUT2D eigenvalue weighted by Gasteiger charge is 2.33. The van der Waals surface area contributed by atoms with E-state index >= 15 is 0 Å². The van der Waals surface area contributed by atoms with Crippen molar-refractivity contribution in [1.82, 2.24) is 15.6 Å². The summed E-state index contributed by atoms with van der Waals surface area (Å²) in [5.41, 5.74) is 1.84. The normalized spacial score (nSPS) is 17.8. The average Bonchev–Trinajstić information content (AvgIpc) is 2.71. The summed E-state index contributed by atoms with van der Waals surface area (Å²) in [5, 5.41) is 6.91. The molecule has 1 unspecified atom stereocenters. The van der Waals surface area contributed by atoms with Gasteiger partial charge in [-0.25, -0.2) is 4.98 Å². The van der Waals surface area contributed by atoms with Gasteiger partial charge in [-0.15, -0.1) is 0 Å². The molecular formula is C22H30N4O3. The fourth-order valence-electron chi connectivity index (χ4n) is 3.38. The SMILES string of the molecule is CN=C(NCc1cccnc1OCCOC)NC1CC(C)(C)Oc2ccccc21. The Morgan fingerprint density at radius 3 is 2.86 bits per heavy atom. The second-order valence-electron chi connectivity index (χ2n) is 7.54. The molecule has 0 amide bonds. The van der Waals surface area contributed by atoms with Crippen molar-refractivity contribution >= 4 is 5.96 Å². The standard InChI is InChI=1S/C22H30N4O3/c1-22(2)14-18(17-9-5-6-10-19(17)29-22)26-21(23-3)25-15-16-8-7-11-24-20(16)28-13-12-27-4/h5-11,18H,12-15H2,1-4H3,(H2,23,25,26). The molecule has 0 radical (unpaired) electrons. The molecule has 1 atom stereocenters. The highest BCUT2D eigenvalue weighted by molar-refractivity contribution is 5.80. The lowest BCUT2D eigenvalue weighted by atomic mass is 9.90. The number of hydrogen-bond acceptors (Lipinski definition) is 5. The molecule has 0 spiro atoms. The first-order valence-corrected chi connectivity index (χ1v) is 9.83. The fraction of sp³-hybridized carbons (Fsp3) is 0.455. The number of aromatic nitrogens is 1. The molecule has 29 heavy (non-hydrogen) atoms. The number of hydrogen-bond donors (Lipinski definition) is 2. The van der Waals surface area contributed by atoms with E-state index in [-0.39, 0.29) is 11.6 Å². The first-order valence-electron chi connectivity index (χ1n) is 9.83. The van der Waals surface area contributed by atoms with Gasteiger partial charge in [0.15, 0.2) is 5.96 Å². The number of ether oxygens (including phenoxy) is 3. The minimum absolute atomic E-state index is 0.104. The van der Waals surface area contributed by atoms with Crippen LogP contribution in [0.2, 0.25) is 0 Å². The van der Waals surface area contributed by atoms with Gasteiger partial charge in [0, 0.05) is 44.4 Å². The molecule has 1 aromatic carbocycles. The number of benzene rings is 1. The number of para-hydroxylation sites is 1. The summed E-state index contributed by atoms with van der Waals surface area (Å²) in [6.07, 6.45) is 2.56. The molecule has 2 heterocycles. The monoisotopic (exact) mass is 398 g/mol. The molecule has 7 heteroatoms. The molecule has 3 rings (SSSR count). The molecule has 7 nitrogen and oxygen atoms in total. The van der Waals surface area contributed by atoms with Crippen LogP contribution < -0.4 is 20.1 Å². The third-order valence-corrected chi connectivity index (χ3v) is 4.73. The van der Waals surface area contributed by atoms with E-state index in [1.54, 1.807) is 20.4 Å². The summed E-state index contributed by atoms with van der Waals surface area (Å²) < 4.78 is 16.9. The number of pyridine rings is 1. The van der Waals surface area contributed by atoms with E-state index in [0.717, 1.165) is 23.3 Å². The molecule has 0 aliphatic carbocycles. The summed E-state index contributed by atoms with van der Waals surface area (Å²) in [7, 11) is 3.42. The molecule has 1 aliphatic rings. The predicted octanol–water partition coefficient (Wildman–Crippen LogP) is 3.07. The Kier molecular flexibility index (Phi) is 6.93. The summed E-state index contributed by atoms with van der Waals surface area (Å²) in [6.45, 7) is 5.73. The van der Waals surface area contributed by atoms with Crippen molar-refractivity contribution < 1.29 is 14.2 Å². The number of aliphatic imine (C=N–C) groups is 1. The van der Waals surface area contributed by atoms with Gasteiger partial charge in [0.1, 0.15) is 18.0 Å². The van der Waals surface area contributed by atoms with Crippen molar-refractivity contribution in [2.45, 2.75) is 38.5 Å². The van der Waals surface area contributed by atoms with Gasteiger partial charge in [-0.05, 0) is 26.0 Å². The number of fused-ring (bicyclic) bond motifs is 1. The molecule has 1 aliphatic heterocycles. The zero-order valence-corrected chi connectivity index (χ0v) is 17.6. The minimum Gasteiger partial charge on any atom is -0.487 e. The Morgan fingerprint density at radius 1 is 1.24 bits per heavy atom. The van der Waals surface area contributed by atoms with Crippen molar-refractivity contribution in [2.24, 2.45) is 4.99 Å². The fourth-order valence-corrected chi connectivity index (χ4v) is 3.38. The van der Waals surface area contributed by atoms with E-state index in [0.29, 0.717) is 31.6 Å². The Morgan fingerprint density at radius 2 is 2.07 bits per heavy atom. The van der Waals surface area contributed by atoms with Crippen LogP contribution in [0.25, 0.3) is 0 Å². The Bertz CT molecular complexity index is 838. The molecule has 0 bridgehead atoms. The van der Waals surface area contributed by atoms with E-state index in [1.807, 2.05) is 30.3 Å². The van der Waals surface area contributed by atoms with Crippen molar-refractivity contribution in [2.75, 3.05) is 27.4 Å². The van der Waals surface area contributed by atoms with Gasteiger partial charge in [0.2, 0.25) is 5.88 Å². The van der Waals surface area contributed by atoms with Crippen LogP contribution in [0.5, 0.6) is 11.6 Å². The highest BCUT2D eigenvalue weighted by atomic mass is 16.5. The van der Waals surface area contributed by atoms with Crippen LogP contribution in [0.15, 0.2) is 47.6 Å². The molecule has 0 fully saturated rings. The smallest absolute Gasteiger partial charge is 0.218 e. The van der Waals surface area contributed by atoms with Gasteiger partial charge in [0.05, 0.1) is 12.6 Å². The van der Waals surface area contributed by atoms with Crippen LogP contribution in [0.3, 0.4) is 0 Å². The Labute approximate surface area is 172 Å². The second kappa shape index (κ2) is 9.60. The van der Waals surface area contributed by atoms with Gasteiger partial charge >= 0.3 is 0 Å². The first kappa shape index (κ1) is 20.9. The molecule has 0 saturated carbocycles. The molecule has 2 N–H and O–H groups in total. The summed E-state index contributed by atoms with van der Waals surface area (Å²) in [4.78, 5) is 8.72. The third kappa shape index (κ3) is 5.60. The van der Waals surface area contributed by atoms with Crippen molar-refractivity contribution in [3.63, 3.8) is 0 Å². The van der Waals surface area contributed by atoms with Gasteiger partial charge in [0.25, 0.3) is 0 Å². The summed E-state index contributed by atoms with van der Waals surface area (Å²) >= 11 is 0. The number of nitrogens with zero attached hydrogens (tertiary/aromatic N) is 2. The topological polar surface area (TPSA) is 77.0 Å². The van der Waals surface area contributed by atoms with Crippen LogP contribution in [0.1, 0.15) is 37.4 Å². The van der Waals surface area contributed by atoms with E-state index in [4.69, 9.17) is 14.2 Å². The molecule has 2 aromatic rings. The Hall–Kier alpha value is -2.80. The Balaban J connectivity index is 1.67. The van der Waals surface area contributed by atoms with Crippen LogP contribution in [-0.2, 0) is 11.3 Å². The molecule has 156 valence electrons. The van der Waals surface area contributed by atoms with E-state index in [2.05, 4.69) is 40.5 Å². The van der Waals surface area contributed by atoms with Crippen LogP contribution in [0.4, 0.5) is 0 Å². The zero-order valence-electron chi connectivity index (χ0n) is 17.6. The lowest BCUT2D eigenvalue weighted by Crippen LogP contribution is -2.45. The lowest BCUT2D eigenvalue weighted by molar-refractivity contribution is 0.0694. The van der Waals surface area contributed by atoms with Gasteiger partial charge in [-0.1, -0.05) is 24.3 Å². The van der Waals surface area contributed by atoms with E-state index < -0.39 is 0 Å². The number of methoxy groups -OCH3 is 1. The van der Waals surface area contributed by atoms with Crippen molar-refractivity contribution in [3.8, 4) is 11.6 Å². The lowest BCUT2D eigenvalue weighted by Gasteiger charge is -2.38. The zero-order chi connectivity index (χ0) is 20.7. The van der Waals surface area contributed by atoms with Gasteiger partial charge in [-0.2, -0.15) is 0 Å². The predicted molar refractivity (Wildman–Crippen MR) is 113 cm³/mol. The summed E-state index contributed by atoms with van der Waals surface area (Å²) in [6, 6.07) is 12.1. The van der Waals surface area contributed by atoms with Crippen LogP contribution in [-0.4, -0.2) is 43.9 Å². The molecule has 0 saturated heterocycles. The minimum atomic E-state index is -0.253. The largest absolute Gasteiger partial charge is 0.487 e. The third-order valence-electron chi connectivity index (χ3n) is 4.73. The highest BCUT2D eigenvalue weighted by Crippen LogP contribution is 2.39. The quantitative estimate of drug-likeness (QED) is 0.424.